The van der Waals surface area contributed by atoms with E-state index in [0.29, 0.717) is 62.0 Å². The number of aromatic hydroxyl groups is 1. The van der Waals surface area contributed by atoms with Gasteiger partial charge in [0.05, 0.1) is 23.3 Å². The molecule has 11 nitrogen and oxygen atoms in total. The van der Waals surface area contributed by atoms with Crippen LogP contribution in [0.4, 0.5) is 23.4 Å². The molecule has 0 bridgehead atoms. The van der Waals surface area contributed by atoms with Crippen molar-refractivity contribution in [1.29, 1.82) is 0 Å². The van der Waals surface area contributed by atoms with Gasteiger partial charge in [-0.1, -0.05) is 13.0 Å². The SMILES string of the molecule is CCc1c(F)ccc2cc(O)cc(-c3c(F)cc4c(N5CCCn6nc(C(=O)N7CCN(C)CC7)cc6C5)nc(OC[C@@]56CCCN5C[C@H](F)C6)nc4c3F)c12. The van der Waals surface area contributed by atoms with Gasteiger partial charge >= 0.3 is 6.01 Å². The Bertz CT molecular complexity index is 2370. The summed E-state index contributed by atoms with van der Waals surface area (Å²) in [6.07, 6.45) is 1.80. The lowest BCUT2D eigenvalue weighted by molar-refractivity contribution is 0.0657. The number of halogens is 4. The Morgan fingerprint density at radius 2 is 1.80 bits per heavy atom. The van der Waals surface area contributed by atoms with Crippen LogP contribution in [0.2, 0.25) is 0 Å². The maximum Gasteiger partial charge on any atom is 0.319 e. The number of piperazine rings is 1. The summed E-state index contributed by atoms with van der Waals surface area (Å²) in [6.45, 7) is 6.89. The first-order valence-electron chi connectivity index (χ1n) is 19.5. The molecular formula is C41H44F4N8O3. The Hall–Kier alpha value is -5.02. The van der Waals surface area contributed by atoms with E-state index in [0.717, 1.165) is 38.2 Å². The van der Waals surface area contributed by atoms with E-state index < -0.39 is 34.7 Å². The Labute approximate surface area is 321 Å². The standard InChI is InChI=1S/C41H44F4N8O3/c1-3-28-31(43)7-6-24-16-27(54)18-29(34(24)28)35-32(44)19-30-37(36(35)45)46-40(56-23-41-8-4-10-52(41)21-25(42)20-41)47-38(30)51-9-5-11-53-26(22-51)17-33(48-53)39(55)50-14-12-49(2)13-15-50/h6-7,16-19,25,54H,3-5,8-15,20-23H2,1-2H3/t25-,41+/m1/s1. The Morgan fingerprint density at radius 1 is 0.982 bits per heavy atom. The number of phenols is 1. The van der Waals surface area contributed by atoms with Crippen molar-refractivity contribution in [2.45, 2.75) is 63.8 Å². The van der Waals surface area contributed by atoms with E-state index >= 15 is 13.2 Å². The van der Waals surface area contributed by atoms with Crippen molar-refractivity contribution in [3.05, 3.63) is 70.8 Å². The van der Waals surface area contributed by atoms with E-state index in [-0.39, 0.29) is 65.1 Å². The van der Waals surface area contributed by atoms with E-state index in [4.69, 9.17) is 9.72 Å². The highest BCUT2D eigenvalue weighted by Gasteiger charge is 2.49. The topological polar surface area (TPSA) is 103 Å². The molecule has 2 atom stereocenters. The highest BCUT2D eigenvalue weighted by molar-refractivity contribution is 6.03. The summed E-state index contributed by atoms with van der Waals surface area (Å²) in [6, 6.07) is 8.24. The molecule has 5 aromatic rings. The van der Waals surface area contributed by atoms with Gasteiger partial charge in [-0.05, 0) is 91.5 Å². The average molecular weight is 773 g/mol. The van der Waals surface area contributed by atoms with Crippen molar-refractivity contribution in [2.24, 2.45) is 0 Å². The summed E-state index contributed by atoms with van der Waals surface area (Å²) in [5, 5.41) is 16.2. The zero-order chi connectivity index (χ0) is 38.9. The number of carbonyl (C=O) groups excluding carboxylic acids is 1. The van der Waals surface area contributed by atoms with Crippen LogP contribution in [0, 0.1) is 17.5 Å². The number of rotatable bonds is 7. The Morgan fingerprint density at radius 3 is 2.61 bits per heavy atom. The van der Waals surface area contributed by atoms with Crippen LogP contribution >= 0.6 is 0 Å². The molecule has 3 fully saturated rings. The van der Waals surface area contributed by atoms with Crippen molar-refractivity contribution in [1.82, 2.24) is 34.4 Å². The molecule has 0 aliphatic carbocycles. The number of hydrogen-bond donors (Lipinski definition) is 1. The summed E-state index contributed by atoms with van der Waals surface area (Å²) in [4.78, 5) is 30.8. The molecule has 294 valence electrons. The van der Waals surface area contributed by atoms with Gasteiger partial charge in [0.15, 0.2) is 11.5 Å². The smallest absolute Gasteiger partial charge is 0.319 e. The second-order valence-corrected chi connectivity index (χ2v) is 15.7. The lowest BCUT2D eigenvalue weighted by Gasteiger charge is -2.31. The molecule has 2 aromatic heterocycles. The van der Waals surface area contributed by atoms with Gasteiger partial charge in [0.25, 0.3) is 5.91 Å². The largest absolute Gasteiger partial charge is 0.508 e. The number of aryl methyl sites for hydroxylation is 2. The van der Waals surface area contributed by atoms with Crippen molar-refractivity contribution >= 4 is 33.4 Å². The van der Waals surface area contributed by atoms with Gasteiger partial charge in [-0.2, -0.15) is 15.1 Å². The van der Waals surface area contributed by atoms with Gasteiger partial charge in [0.2, 0.25) is 0 Å². The summed E-state index contributed by atoms with van der Waals surface area (Å²) in [7, 11) is 2.02. The van der Waals surface area contributed by atoms with Crippen LogP contribution in [0.5, 0.6) is 11.8 Å². The summed E-state index contributed by atoms with van der Waals surface area (Å²) < 4.78 is 71.8. The van der Waals surface area contributed by atoms with Crippen LogP contribution in [-0.4, -0.2) is 117 Å². The third kappa shape index (κ3) is 6.28. The third-order valence-electron chi connectivity index (χ3n) is 12.2. The molecule has 56 heavy (non-hydrogen) atoms. The first-order chi connectivity index (χ1) is 27.0. The number of fused-ring (bicyclic) bond motifs is 4. The van der Waals surface area contributed by atoms with Crippen molar-refractivity contribution in [2.75, 3.05) is 64.4 Å². The fourth-order valence-corrected chi connectivity index (χ4v) is 9.32. The number of hydrogen-bond acceptors (Lipinski definition) is 9. The predicted molar refractivity (Wildman–Crippen MR) is 203 cm³/mol. The number of anilines is 1. The van der Waals surface area contributed by atoms with Crippen LogP contribution in [0.3, 0.4) is 0 Å². The molecule has 3 aromatic carbocycles. The lowest BCUT2D eigenvalue weighted by Crippen LogP contribution is -2.47. The van der Waals surface area contributed by atoms with Crippen LogP contribution < -0.4 is 9.64 Å². The van der Waals surface area contributed by atoms with Gasteiger partial charge in [-0.3, -0.25) is 14.4 Å². The van der Waals surface area contributed by atoms with Crippen LogP contribution in [0.25, 0.3) is 32.8 Å². The zero-order valence-corrected chi connectivity index (χ0v) is 31.5. The number of phenolic OH excluding ortho intramolecular Hbond substituents is 1. The van der Waals surface area contributed by atoms with E-state index in [9.17, 15) is 14.3 Å². The quantitative estimate of drug-likeness (QED) is 0.197. The second-order valence-electron chi connectivity index (χ2n) is 15.7. The molecule has 3 saturated heterocycles. The highest BCUT2D eigenvalue weighted by Crippen LogP contribution is 2.43. The molecule has 6 heterocycles. The van der Waals surface area contributed by atoms with E-state index in [1.165, 1.54) is 30.3 Å². The minimum atomic E-state index is -1.02. The monoisotopic (exact) mass is 772 g/mol. The number of nitrogens with zero attached hydrogens (tertiary/aromatic N) is 8. The minimum absolute atomic E-state index is 0.00692. The molecule has 0 radical (unpaired) electrons. The first-order valence-corrected chi connectivity index (χ1v) is 19.5. The van der Waals surface area contributed by atoms with Crippen molar-refractivity contribution < 1.29 is 32.2 Å². The number of alkyl halides is 1. The van der Waals surface area contributed by atoms with Gasteiger partial charge < -0.3 is 24.5 Å². The maximum atomic E-state index is 17.3. The molecule has 0 saturated carbocycles. The molecule has 0 unspecified atom stereocenters. The second kappa shape index (κ2) is 14.2. The molecule has 4 aliphatic heterocycles. The summed E-state index contributed by atoms with van der Waals surface area (Å²) in [5.74, 6) is -2.62. The van der Waals surface area contributed by atoms with Crippen molar-refractivity contribution in [3.8, 4) is 22.9 Å². The van der Waals surface area contributed by atoms with Crippen molar-refractivity contribution in [3.63, 3.8) is 0 Å². The molecular weight excluding hydrogens is 728 g/mol. The third-order valence-corrected chi connectivity index (χ3v) is 12.2. The molecule has 4 aliphatic rings. The first kappa shape index (κ1) is 36.6. The van der Waals surface area contributed by atoms with Gasteiger partial charge in [-0.25, -0.2) is 17.6 Å². The number of carbonyl (C=O) groups is 1. The zero-order valence-electron chi connectivity index (χ0n) is 31.5. The Kier molecular flexibility index (Phi) is 9.26. The van der Waals surface area contributed by atoms with E-state index in [2.05, 4.69) is 19.9 Å². The van der Waals surface area contributed by atoms with E-state index in [1.54, 1.807) is 17.9 Å². The summed E-state index contributed by atoms with van der Waals surface area (Å²) in [5.41, 5.74) is 0.124. The molecule has 1 amide bonds. The molecule has 0 spiro atoms. The minimum Gasteiger partial charge on any atom is -0.508 e. The van der Waals surface area contributed by atoms with Crippen LogP contribution in [-0.2, 0) is 19.5 Å². The number of aromatic nitrogens is 4. The number of amides is 1. The fraction of sp³-hybridized carbons (Fsp3) is 0.463. The van der Waals surface area contributed by atoms with Gasteiger partial charge in [-0.15, -0.1) is 0 Å². The number of ether oxygens (including phenoxy) is 1. The predicted octanol–water partition coefficient (Wildman–Crippen LogP) is 6.08. The molecule has 9 rings (SSSR count). The number of likely N-dealkylation sites (N-methyl/N-ethyl adjacent to an activating group) is 1. The van der Waals surface area contributed by atoms with Gasteiger partial charge in [0.1, 0.15) is 41.5 Å². The lowest BCUT2D eigenvalue weighted by atomic mass is 9.91. The maximum absolute atomic E-state index is 17.3. The molecule has 15 heteroatoms. The number of benzene rings is 3. The fourth-order valence-electron chi connectivity index (χ4n) is 9.32. The van der Waals surface area contributed by atoms with Gasteiger partial charge in [0, 0.05) is 57.6 Å². The molecule has 1 N–H and O–H groups in total. The summed E-state index contributed by atoms with van der Waals surface area (Å²) >= 11 is 0. The average Bonchev–Trinajstić information content (AvgIpc) is 3.81. The van der Waals surface area contributed by atoms with Crippen LogP contribution in [0.1, 0.15) is 54.4 Å². The van der Waals surface area contributed by atoms with Crippen LogP contribution in [0.15, 0.2) is 36.4 Å². The normalized spacial score (nSPS) is 21.9. The highest BCUT2D eigenvalue weighted by atomic mass is 19.1. The van der Waals surface area contributed by atoms with E-state index in [1.807, 2.05) is 16.6 Å². The Balaban J connectivity index is 1.15.